The predicted octanol–water partition coefficient (Wildman–Crippen LogP) is 9.59. The first-order chi connectivity index (χ1) is 24.6. The fourth-order valence-corrected chi connectivity index (χ4v) is 6.23. The number of para-hydroxylation sites is 2. The monoisotopic (exact) mass is 764 g/mol. The zero-order valence-corrected chi connectivity index (χ0v) is 31.2. The first kappa shape index (κ1) is 41.2. The topological polar surface area (TPSA) is 54.4 Å². The largest absolute Gasteiger partial charge is 0.491 e. The van der Waals surface area contributed by atoms with Crippen molar-refractivity contribution in [3.8, 4) is 17.2 Å². The van der Waals surface area contributed by atoms with Crippen LogP contribution in [0.1, 0.15) is 37.8 Å². The Labute approximate surface area is 313 Å². The summed E-state index contributed by atoms with van der Waals surface area (Å²) in [4.78, 5) is 4.38. The molecule has 0 aromatic heterocycles. The number of aryl methyl sites for hydroxylation is 1. The molecule has 2 aliphatic heterocycles. The molecule has 2 atom stereocenters. The van der Waals surface area contributed by atoms with Crippen LogP contribution in [-0.4, -0.2) is 78.6 Å². The first-order valence-corrected chi connectivity index (χ1v) is 17.9. The first-order valence-electron chi connectivity index (χ1n) is 17.1. The van der Waals surface area contributed by atoms with E-state index in [1.54, 1.807) is 18.2 Å². The maximum atomic E-state index is 12.9. The summed E-state index contributed by atoms with van der Waals surface area (Å²) in [6, 6.07) is 26.3. The molecule has 52 heavy (non-hydrogen) atoms. The average molecular weight is 766 g/mol. The molecule has 12 heteroatoms. The summed E-state index contributed by atoms with van der Waals surface area (Å²) in [5.74, 6) is 1.44. The van der Waals surface area contributed by atoms with Gasteiger partial charge in [0, 0.05) is 45.7 Å². The van der Waals surface area contributed by atoms with E-state index in [2.05, 4.69) is 9.80 Å². The molecule has 0 spiro atoms. The molecule has 2 unspecified atom stereocenters. The Morgan fingerprint density at radius 2 is 1.29 bits per heavy atom. The van der Waals surface area contributed by atoms with E-state index in [1.807, 2.05) is 69.3 Å². The van der Waals surface area contributed by atoms with Gasteiger partial charge in [0.2, 0.25) is 0 Å². The number of nitrogens with zero attached hydrogens (tertiary/aromatic N) is 2. The molecule has 6 nitrogen and oxygen atoms in total. The fraction of sp³-hybridized carbons (Fsp3) is 0.400. The number of hydrogen-bond donors (Lipinski definition) is 1. The van der Waals surface area contributed by atoms with E-state index in [1.165, 1.54) is 18.2 Å². The van der Waals surface area contributed by atoms with Gasteiger partial charge in [0.05, 0.1) is 21.2 Å². The lowest BCUT2D eigenvalue weighted by Gasteiger charge is -2.27. The number of ether oxygens (including phenoxy) is 3. The second-order valence-corrected chi connectivity index (χ2v) is 14.3. The lowest BCUT2D eigenvalue weighted by atomic mass is 10.1. The number of rotatable bonds is 10. The number of benzene rings is 4. The van der Waals surface area contributed by atoms with Crippen LogP contribution in [-0.2, 0) is 6.18 Å². The van der Waals surface area contributed by atoms with E-state index in [4.69, 9.17) is 37.4 Å². The minimum Gasteiger partial charge on any atom is -0.491 e. The smallest absolute Gasteiger partial charge is 0.416 e. The van der Waals surface area contributed by atoms with E-state index >= 15 is 0 Å². The minimum atomic E-state index is -4.38. The molecule has 282 valence electrons. The second kappa shape index (κ2) is 19.0. The normalized spacial score (nSPS) is 20.3. The summed E-state index contributed by atoms with van der Waals surface area (Å²) in [7, 11) is 0. The van der Waals surface area contributed by atoms with Crippen molar-refractivity contribution in [1.29, 1.82) is 0 Å². The summed E-state index contributed by atoms with van der Waals surface area (Å²) < 4.78 is 68.0. The average Bonchev–Trinajstić information content (AvgIpc) is 3.63. The molecule has 2 fully saturated rings. The Morgan fingerprint density at radius 1 is 0.731 bits per heavy atom. The standard InChI is InChI=1S/C20H21ClF3NO2.C13H18ClNO2.C7H7F/c1-19(27-16-6-4-5-15(13-16)20(22,23)24)9-10-25(14-19)11-12-26-18-8-3-2-7-17(18)21;1-13(16)6-7-15(10-13)8-9-17-12-5-3-2-4-11(12)14;1-6-3-2-4-7(8)5-6/h2-8,13H,9-12,14H2,1H3;2-5,16H,6-10H2,1H3;2-5H,1H3. The van der Waals surface area contributed by atoms with Gasteiger partial charge < -0.3 is 19.3 Å². The Bertz CT molecular complexity index is 1690. The Morgan fingerprint density at radius 3 is 1.79 bits per heavy atom. The van der Waals surface area contributed by atoms with Gasteiger partial charge in [-0.2, -0.15) is 13.2 Å². The summed E-state index contributed by atoms with van der Waals surface area (Å²) in [6.07, 6.45) is -2.81. The van der Waals surface area contributed by atoms with Crippen molar-refractivity contribution in [3.63, 3.8) is 0 Å². The van der Waals surface area contributed by atoms with Gasteiger partial charge in [-0.25, -0.2) is 4.39 Å². The van der Waals surface area contributed by atoms with Crippen LogP contribution in [0.25, 0.3) is 0 Å². The fourth-order valence-electron chi connectivity index (χ4n) is 5.85. The maximum Gasteiger partial charge on any atom is 0.416 e. The lowest BCUT2D eigenvalue weighted by molar-refractivity contribution is -0.137. The molecule has 2 saturated heterocycles. The van der Waals surface area contributed by atoms with E-state index in [9.17, 15) is 22.7 Å². The Kier molecular flexibility index (Phi) is 15.0. The predicted molar refractivity (Wildman–Crippen MR) is 198 cm³/mol. The Balaban J connectivity index is 0.000000204. The van der Waals surface area contributed by atoms with Crippen molar-refractivity contribution in [2.75, 3.05) is 52.5 Å². The molecule has 0 saturated carbocycles. The van der Waals surface area contributed by atoms with Gasteiger partial charge >= 0.3 is 6.18 Å². The van der Waals surface area contributed by atoms with Crippen LogP contribution in [0, 0.1) is 12.7 Å². The highest BCUT2D eigenvalue weighted by Gasteiger charge is 2.37. The van der Waals surface area contributed by atoms with Crippen molar-refractivity contribution in [2.24, 2.45) is 0 Å². The van der Waals surface area contributed by atoms with Gasteiger partial charge in [0.1, 0.15) is 41.9 Å². The number of halogens is 6. The highest BCUT2D eigenvalue weighted by atomic mass is 35.5. The zero-order valence-electron chi connectivity index (χ0n) is 29.6. The third-order valence-electron chi connectivity index (χ3n) is 8.55. The summed E-state index contributed by atoms with van der Waals surface area (Å²) in [5, 5.41) is 11.0. The quantitative estimate of drug-likeness (QED) is 0.163. The van der Waals surface area contributed by atoms with E-state index in [0.29, 0.717) is 42.1 Å². The van der Waals surface area contributed by atoms with Gasteiger partial charge in [-0.05, 0) is 87.4 Å². The van der Waals surface area contributed by atoms with Crippen LogP contribution < -0.4 is 14.2 Å². The third-order valence-corrected chi connectivity index (χ3v) is 9.18. The van der Waals surface area contributed by atoms with E-state index in [0.717, 1.165) is 62.5 Å². The van der Waals surface area contributed by atoms with Crippen molar-refractivity contribution < 1.29 is 36.9 Å². The molecule has 2 aliphatic rings. The molecule has 4 aromatic carbocycles. The van der Waals surface area contributed by atoms with Crippen LogP contribution in [0.15, 0.2) is 97.1 Å². The highest BCUT2D eigenvalue weighted by molar-refractivity contribution is 6.32. The Hall–Kier alpha value is -3.54. The summed E-state index contributed by atoms with van der Waals surface area (Å²) in [5.41, 5.74) is -0.810. The van der Waals surface area contributed by atoms with Crippen molar-refractivity contribution in [2.45, 2.75) is 51.0 Å². The van der Waals surface area contributed by atoms with Crippen molar-refractivity contribution >= 4 is 23.2 Å². The van der Waals surface area contributed by atoms with Crippen LogP contribution in [0.5, 0.6) is 17.2 Å². The van der Waals surface area contributed by atoms with E-state index < -0.39 is 22.9 Å². The number of aliphatic hydroxyl groups is 1. The molecule has 0 aliphatic carbocycles. The maximum absolute atomic E-state index is 12.9. The van der Waals surface area contributed by atoms with Gasteiger partial charge in [-0.3, -0.25) is 9.80 Å². The molecule has 0 amide bonds. The number of likely N-dealkylation sites (tertiary alicyclic amines) is 2. The number of β-amino-alcohol motifs (C(OH)–C–C–N with tert-alkyl or cyclic N) is 1. The highest BCUT2D eigenvalue weighted by Crippen LogP contribution is 2.34. The molecule has 0 radical (unpaired) electrons. The molecular formula is C40H46Cl2F4N2O4. The molecule has 2 heterocycles. The molecule has 1 N–H and O–H groups in total. The van der Waals surface area contributed by atoms with Gasteiger partial charge in [-0.1, -0.05) is 65.7 Å². The second-order valence-electron chi connectivity index (χ2n) is 13.5. The van der Waals surface area contributed by atoms with Crippen LogP contribution in [0.3, 0.4) is 0 Å². The van der Waals surface area contributed by atoms with Gasteiger partial charge in [0.15, 0.2) is 0 Å². The third kappa shape index (κ3) is 13.8. The number of alkyl halides is 3. The lowest BCUT2D eigenvalue weighted by Crippen LogP contribution is -2.37. The minimum absolute atomic E-state index is 0.162. The van der Waals surface area contributed by atoms with E-state index in [-0.39, 0.29) is 11.6 Å². The SMILES string of the molecule is CC1(O)CCN(CCOc2ccccc2Cl)C1.CC1(Oc2cccc(C(F)(F)F)c2)CCN(CCOc2ccccc2Cl)C1.Cc1cccc(F)c1. The van der Waals surface area contributed by atoms with Crippen LogP contribution >= 0.6 is 23.2 Å². The molecule has 0 bridgehead atoms. The van der Waals surface area contributed by atoms with Gasteiger partial charge in [-0.15, -0.1) is 0 Å². The molecule has 4 aromatic rings. The summed E-state index contributed by atoms with van der Waals surface area (Å²) in [6.45, 7) is 11.3. The van der Waals surface area contributed by atoms with Crippen LogP contribution in [0.2, 0.25) is 10.0 Å². The molecular weight excluding hydrogens is 719 g/mol. The number of hydrogen-bond acceptors (Lipinski definition) is 6. The van der Waals surface area contributed by atoms with Gasteiger partial charge in [0.25, 0.3) is 0 Å². The van der Waals surface area contributed by atoms with Crippen LogP contribution in [0.4, 0.5) is 17.6 Å². The summed E-state index contributed by atoms with van der Waals surface area (Å²) >= 11 is 12.0. The molecule has 6 rings (SSSR count). The zero-order chi connectivity index (χ0) is 37.8. The van der Waals surface area contributed by atoms with Crippen molar-refractivity contribution in [1.82, 2.24) is 9.80 Å². The van der Waals surface area contributed by atoms with Crippen molar-refractivity contribution in [3.05, 3.63) is 124 Å².